The van der Waals surface area contributed by atoms with E-state index < -0.39 is 15.9 Å². The van der Waals surface area contributed by atoms with Crippen LogP contribution in [0.4, 0.5) is 16.2 Å². The number of benzene rings is 2. The number of sulfone groups is 1. The quantitative estimate of drug-likeness (QED) is 0.756. The SMILES string of the molecule is C=CCOC(=O)Nc1ccc(S(=O)(=O)c2ccc(NC(C)=O)cc2)cc1. The van der Waals surface area contributed by atoms with Crippen molar-refractivity contribution in [3.05, 3.63) is 61.2 Å². The van der Waals surface area contributed by atoms with Crippen molar-refractivity contribution in [1.29, 1.82) is 0 Å². The van der Waals surface area contributed by atoms with Gasteiger partial charge in [-0.15, -0.1) is 0 Å². The summed E-state index contributed by atoms with van der Waals surface area (Å²) in [7, 11) is -3.71. The zero-order valence-corrected chi connectivity index (χ0v) is 14.9. The number of nitrogens with one attached hydrogen (secondary N) is 2. The molecule has 2 amide bonds. The first-order valence-corrected chi connectivity index (χ1v) is 9.09. The second-order valence-corrected chi connectivity index (χ2v) is 7.20. The van der Waals surface area contributed by atoms with E-state index >= 15 is 0 Å². The maximum absolute atomic E-state index is 12.6. The van der Waals surface area contributed by atoms with Crippen molar-refractivity contribution in [3.8, 4) is 0 Å². The predicted molar refractivity (Wildman–Crippen MR) is 97.8 cm³/mol. The lowest BCUT2D eigenvalue weighted by Crippen LogP contribution is -2.13. The molecule has 0 fully saturated rings. The molecule has 2 rings (SSSR count). The molecule has 0 radical (unpaired) electrons. The van der Waals surface area contributed by atoms with Gasteiger partial charge in [0.15, 0.2) is 0 Å². The molecule has 0 saturated carbocycles. The van der Waals surface area contributed by atoms with Crippen molar-refractivity contribution < 1.29 is 22.7 Å². The lowest BCUT2D eigenvalue weighted by Gasteiger charge is -2.08. The lowest BCUT2D eigenvalue weighted by molar-refractivity contribution is -0.114. The molecular weight excluding hydrogens is 356 g/mol. The summed E-state index contributed by atoms with van der Waals surface area (Å²) in [5, 5.41) is 5.05. The van der Waals surface area contributed by atoms with E-state index in [2.05, 4.69) is 17.2 Å². The van der Waals surface area contributed by atoms with E-state index in [9.17, 15) is 18.0 Å². The minimum absolute atomic E-state index is 0.0762. The van der Waals surface area contributed by atoms with E-state index in [1.165, 1.54) is 61.5 Å². The van der Waals surface area contributed by atoms with Crippen LogP contribution in [0.1, 0.15) is 6.92 Å². The van der Waals surface area contributed by atoms with Gasteiger partial charge in [0.1, 0.15) is 6.61 Å². The summed E-state index contributed by atoms with van der Waals surface area (Å²) in [6, 6.07) is 11.6. The summed E-state index contributed by atoms with van der Waals surface area (Å²) in [5.74, 6) is -0.240. The van der Waals surface area contributed by atoms with Crippen molar-refractivity contribution >= 4 is 33.2 Å². The fourth-order valence-corrected chi connectivity index (χ4v) is 3.32. The van der Waals surface area contributed by atoms with E-state index in [4.69, 9.17) is 4.74 Å². The second-order valence-electron chi connectivity index (χ2n) is 5.25. The highest BCUT2D eigenvalue weighted by molar-refractivity contribution is 7.91. The predicted octanol–water partition coefficient (Wildman–Crippen LogP) is 3.21. The Morgan fingerprint density at radius 2 is 1.42 bits per heavy atom. The number of rotatable bonds is 6. The molecule has 0 bridgehead atoms. The summed E-state index contributed by atoms with van der Waals surface area (Å²) < 4.78 is 30.0. The van der Waals surface area contributed by atoms with E-state index in [-0.39, 0.29) is 22.3 Å². The summed E-state index contributed by atoms with van der Waals surface area (Å²) in [4.78, 5) is 22.6. The van der Waals surface area contributed by atoms with E-state index in [0.717, 1.165) is 0 Å². The molecule has 0 spiro atoms. The van der Waals surface area contributed by atoms with Crippen LogP contribution in [0, 0.1) is 0 Å². The van der Waals surface area contributed by atoms with Gasteiger partial charge in [-0.2, -0.15) is 0 Å². The number of hydrogen-bond acceptors (Lipinski definition) is 5. The number of anilines is 2. The first-order valence-electron chi connectivity index (χ1n) is 7.60. The summed E-state index contributed by atoms with van der Waals surface area (Å²) >= 11 is 0. The van der Waals surface area contributed by atoms with Crippen molar-refractivity contribution in [1.82, 2.24) is 0 Å². The van der Waals surface area contributed by atoms with Gasteiger partial charge < -0.3 is 10.1 Å². The maximum Gasteiger partial charge on any atom is 0.411 e. The second kappa shape index (κ2) is 8.30. The van der Waals surface area contributed by atoms with Gasteiger partial charge in [-0.1, -0.05) is 12.7 Å². The first-order chi connectivity index (χ1) is 12.3. The van der Waals surface area contributed by atoms with Crippen molar-refractivity contribution in [2.24, 2.45) is 0 Å². The Balaban J connectivity index is 2.15. The van der Waals surface area contributed by atoms with Crippen LogP contribution in [0.2, 0.25) is 0 Å². The zero-order chi connectivity index (χ0) is 19.2. The molecule has 0 aliphatic rings. The fraction of sp³-hybridized carbons (Fsp3) is 0.111. The Hall–Kier alpha value is -3.13. The van der Waals surface area contributed by atoms with Gasteiger partial charge in [0.25, 0.3) is 0 Å². The van der Waals surface area contributed by atoms with E-state index in [1.807, 2.05) is 0 Å². The number of amides is 2. The van der Waals surface area contributed by atoms with Crippen LogP contribution in [0.25, 0.3) is 0 Å². The molecule has 7 nitrogen and oxygen atoms in total. The average Bonchev–Trinajstić information content (AvgIpc) is 2.60. The summed E-state index contributed by atoms with van der Waals surface area (Å²) in [6.07, 6.45) is 0.779. The van der Waals surface area contributed by atoms with Gasteiger partial charge in [0, 0.05) is 18.3 Å². The van der Waals surface area contributed by atoms with Crippen LogP contribution in [0.15, 0.2) is 71.0 Å². The summed E-state index contributed by atoms with van der Waals surface area (Å²) in [5.41, 5.74) is 0.910. The third-order valence-electron chi connectivity index (χ3n) is 3.23. The number of ether oxygens (including phenoxy) is 1. The van der Waals surface area contributed by atoms with E-state index in [0.29, 0.717) is 11.4 Å². The number of carbonyl (C=O) groups is 2. The summed E-state index contributed by atoms with van der Waals surface area (Å²) in [6.45, 7) is 4.88. The first kappa shape index (κ1) is 19.2. The minimum atomic E-state index is -3.71. The lowest BCUT2D eigenvalue weighted by atomic mass is 10.3. The highest BCUT2D eigenvalue weighted by Crippen LogP contribution is 2.23. The van der Waals surface area contributed by atoms with Crippen LogP contribution < -0.4 is 10.6 Å². The van der Waals surface area contributed by atoms with Crippen LogP contribution in [-0.2, 0) is 19.4 Å². The third kappa shape index (κ3) is 4.93. The normalized spacial score (nSPS) is 10.7. The Morgan fingerprint density at radius 3 is 1.85 bits per heavy atom. The molecule has 26 heavy (non-hydrogen) atoms. The third-order valence-corrected chi connectivity index (χ3v) is 5.01. The molecule has 0 aliphatic heterocycles. The van der Waals surface area contributed by atoms with Gasteiger partial charge in [-0.3, -0.25) is 10.1 Å². The molecular formula is C18H18N2O5S. The maximum atomic E-state index is 12.6. The van der Waals surface area contributed by atoms with Gasteiger partial charge in [-0.05, 0) is 48.5 Å². The Morgan fingerprint density at radius 1 is 0.962 bits per heavy atom. The molecule has 0 atom stereocenters. The van der Waals surface area contributed by atoms with Gasteiger partial charge in [0.2, 0.25) is 15.7 Å². The molecule has 0 unspecified atom stereocenters. The molecule has 2 aromatic carbocycles. The van der Waals surface area contributed by atoms with E-state index in [1.54, 1.807) is 0 Å². The Bertz CT molecular complexity index is 904. The molecule has 2 N–H and O–H groups in total. The largest absolute Gasteiger partial charge is 0.445 e. The Kier molecular flexibility index (Phi) is 6.13. The standard InChI is InChI=1S/C18H18N2O5S/c1-3-12-25-18(22)20-15-6-10-17(11-7-15)26(23,24)16-8-4-14(5-9-16)19-13(2)21/h3-11H,1,12H2,2H3,(H,19,21)(H,20,22). The van der Waals surface area contributed by atoms with Crippen LogP contribution in [0.5, 0.6) is 0 Å². The number of carbonyl (C=O) groups excluding carboxylic acids is 2. The molecule has 0 aliphatic carbocycles. The molecule has 8 heteroatoms. The van der Waals surface area contributed by atoms with Crippen LogP contribution >= 0.6 is 0 Å². The monoisotopic (exact) mass is 374 g/mol. The van der Waals surface area contributed by atoms with Crippen molar-refractivity contribution in [2.45, 2.75) is 16.7 Å². The van der Waals surface area contributed by atoms with Crippen LogP contribution in [-0.4, -0.2) is 27.0 Å². The highest BCUT2D eigenvalue weighted by Gasteiger charge is 2.17. The van der Waals surface area contributed by atoms with Crippen molar-refractivity contribution in [2.75, 3.05) is 17.2 Å². The Labute approximate surface area is 151 Å². The van der Waals surface area contributed by atoms with Gasteiger partial charge in [0.05, 0.1) is 9.79 Å². The zero-order valence-electron chi connectivity index (χ0n) is 14.1. The average molecular weight is 374 g/mol. The minimum Gasteiger partial charge on any atom is -0.445 e. The number of hydrogen-bond donors (Lipinski definition) is 2. The van der Waals surface area contributed by atoms with Crippen molar-refractivity contribution in [3.63, 3.8) is 0 Å². The fourth-order valence-electron chi connectivity index (χ4n) is 2.06. The van der Waals surface area contributed by atoms with Gasteiger partial charge >= 0.3 is 6.09 Å². The molecule has 2 aromatic rings. The topological polar surface area (TPSA) is 102 Å². The molecule has 0 saturated heterocycles. The molecule has 0 heterocycles. The highest BCUT2D eigenvalue weighted by atomic mass is 32.2. The van der Waals surface area contributed by atoms with Gasteiger partial charge in [-0.25, -0.2) is 13.2 Å². The molecule has 0 aromatic heterocycles. The molecule has 136 valence electrons. The smallest absolute Gasteiger partial charge is 0.411 e. The van der Waals surface area contributed by atoms with Crippen LogP contribution in [0.3, 0.4) is 0 Å².